The van der Waals surface area contributed by atoms with Crippen LogP contribution in [0.2, 0.25) is 0 Å². The van der Waals surface area contributed by atoms with E-state index in [0.717, 1.165) is 19.3 Å². The van der Waals surface area contributed by atoms with Crippen LogP contribution in [0.3, 0.4) is 0 Å². The van der Waals surface area contributed by atoms with Crippen LogP contribution in [0.15, 0.2) is 18.3 Å². The zero-order valence-corrected chi connectivity index (χ0v) is 11.6. The summed E-state index contributed by atoms with van der Waals surface area (Å²) in [6.45, 7) is 4.40. The van der Waals surface area contributed by atoms with Crippen LogP contribution in [0.5, 0.6) is 0 Å². The molecule has 1 rings (SSSR count). The summed E-state index contributed by atoms with van der Waals surface area (Å²) in [6, 6.07) is 3.68. The van der Waals surface area contributed by atoms with Crippen molar-refractivity contribution in [2.24, 2.45) is 5.73 Å². The van der Waals surface area contributed by atoms with Gasteiger partial charge in [-0.3, -0.25) is 4.79 Å². The molecule has 0 bridgehead atoms. The SMILES string of the molecule is CCCCC(C)NC(=O)c1ncccc1C#CCN. The molecule has 0 radical (unpaired) electrons. The lowest BCUT2D eigenvalue weighted by atomic mass is 10.1. The van der Waals surface area contributed by atoms with E-state index < -0.39 is 0 Å². The molecular weight excluding hydrogens is 238 g/mol. The number of hydrogen-bond acceptors (Lipinski definition) is 3. The third-order valence-corrected chi connectivity index (χ3v) is 2.72. The van der Waals surface area contributed by atoms with Gasteiger partial charge in [0.1, 0.15) is 5.69 Å². The highest BCUT2D eigenvalue weighted by atomic mass is 16.1. The van der Waals surface area contributed by atoms with Crippen LogP contribution in [0, 0.1) is 11.8 Å². The van der Waals surface area contributed by atoms with Crippen LogP contribution in [0.1, 0.15) is 49.2 Å². The maximum Gasteiger partial charge on any atom is 0.271 e. The summed E-state index contributed by atoms with van der Waals surface area (Å²) in [5.74, 6) is 5.44. The molecule has 4 heteroatoms. The predicted octanol–water partition coefficient (Wildman–Crippen LogP) is 1.70. The molecule has 0 aromatic carbocycles. The molecule has 102 valence electrons. The Morgan fingerprint density at radius 1 is 1.58 bits per heavy atom. The first-order valence-electron chi connectivity index (χ1n) is 6.63. The number of hydrogen-bond donors (Lipinski definition) is 2. The number of carbonyl (C=O) groups excluding carboxylic acids is 1. The molecule has 0 saturated carbocycles. The quantitative estimate of drug-likeness (QED) is 0.791. The minimum atomic E-state index is -0.175. The largest absolute Gasteiger partial charge is 0.348 e. The fourth-order valence-electron chi connectivity index (χ4n) is 1.71. The molecule has 0 spiro atoms. The summed E-state index contributed by atoms with van der Waals surface area (Å²) in [6.07, 6.45) is 4.79. The van der Waals surface area contributed by atoms with E-state index >= 15 is 0 Å². The van der Waals surface area contributed by atoms with Crippen molar-refractivity contribution in [1.82, 2.24) is 10.3 Å². The summed E-state index contributed by atoms with van der Waals surface area (Å²) in [7, 11) is 0. The van der Waals surface area contributed by atoms with Crippen molar-refractivity contribution in [3.05, 3.63) is 29.6 Å². The average Bonchev–Trinajstić information content (AvgIpc) is 2.43. The zero-order chi connectivity index (χ0) is 14.1. The van der Waals surface area contributed by atoms with Gasteiger partial charge in [0.05, 0.1) is 12.1 Å². The second kappa shape index (κ2) is 8.28. The van der Waals surface area contributed by atoms with E-state index in [1.165, 1.54) is 0 Å². The topological polar surface area (TPSA) is 68.0 Å². The third kappa shape index (κ3) is 5.11. The Morgan fingerprint density at radius 2 is 2.37 bits per heavy atom. The van der Waals surface area contributed by atoms with Gasteiger partial charge in [-0.1, -0.05) is 31.6 Å². The van der Waals surface area contributed by atoms with E-state index in [9.17, 15) is 4.79 Å². The van der Waals surface area contributed by atoms with Crippen LogP contribution >= 0.6 is 0 Å². The highest BCUT2D eigenvalue weighted by Crippen LogP contribution is 2.06. The minimum Gasteiger partial charge on any atom is -0.348 e. The summed E-state index contributed by atoms with van der Waals surface area (Å²) < 4.78 is 0. The molecule has 4 nitrogen and oxygen atoms in total. The molecule has 0 saturated heterocycles. The van der Waals surface area contributed by atoms with E-state index in [1.54, 1.807) is 18.3 Å². The number of nitrogens with two attached hydrogens (primary N) is 1. The van der Waals surface area contributed by atoms with Crippen molar-refractivity contribution in [2.45, 2.75) is 39.2 Å². The molecule has 1 unspecified atom stereocenters. The van der Waals surface area contributed by atoms with Gasteiger partial charge in [0.25, 0.3) is 5.91 Å². The molecule has 1 atom stereocenters. The fraction of sp³-hybridized carbons (Fsp3) is 0.467. The molecule has 0 aliphatic heterocycles. The van der Waals surface area contributed by atoms with Gasteiger partial charge >= 0.3 is 0 Å². The van der Waals surface area contributed by atoms with Crippen molar-refractivity contribution >= 4 is 5.91 Å². The molecule has 0 fully saturated rings. The van der Waals surface area contributed by atoms with Crippen molar-refractivity contribution in [1.29, 1.82) is 0 Å². The van der Waals surface area contributed by atoms with Gasteiger partial charge < -0.3 is 11.1 Å². The monoisotopic (exact) mass is 259 g/mol. The predicted molar refractivity (Wildman–Crippen MR) is 76.6 cm³/mol. The summed E-state index contributed by atoms with van der Waals surface area (Å²) in [5, 5.41) is 2.95. The number of nitrogens with one attached hydrogen (secondary N) is 1. The number of carbonyl (C=O) groups is 1. The smallest absolute Gasteiger partial charge is 0.271 e. The molecule has 0 aliphatic rings. The van der Waals surface area contributed by atoms with E-state index in [1.807, 2.05) is 6.92 Å². The van der Waals surface area contributed by atoms with Gasteiger partial charge in [-0.25, -0.2) is 4.98 Å². The third-order valence-electron chi connectivity index (χ3n) is 2.72. The lowest BCUT2D eigenvalue weighted by Gasteiger charge is -2.13. The van der Waals surface area contributed by atoms with Gasteiger partial charge in [-0.2, -0.15) is 0 Å². The summed E-state index contributed by atoms with van der Waals surface area (Å²) >= 11 is 0. The van der Waals surface area contributed by atoms with Gasteiger partial charge in [0.15, 0.2) is 0 Å². The normalized spacial score (nSPS) is 11.3. The van der Waals surface area contributed by atoms with Crippen molar-refractivity contribution in [3.63, 3.8) is 0 Å². The van der Waals surface area contributed by atoms with Gasteiger partial charge in [0, 0.05) is 12.2 Å². The van der Waals surface area contributed by atoms with E-state index in [2.05, 4.69) is 29.1 Å². The van der Waals surface area contributed by atoms with Gasteiger partial charge in [-0.15, -0.1) is 0 Å². The second-order valence-electron chi connectivity index (χ2n) is 4.42. The van der Waals surface area contributed by atoms with E-state index in [0.29, 0.717) is 11.3 Å². The van der Waals surface area contributed by atoms with Gasteiger partial charge in [0.2, 0.25) is 0 Å². The number of nitrogens with zero attached hydrogens (tertiary/aromatic N) is 1. The Morgan fingerprint density at radius 3 is 3.05 bits per heavy atom. The minimum absolute atomic E-state index is 0.143. The van der Waals surface area contributed by atoms with Crippen molar-refractivity contribution < 1.29 is 4.79 Å². The van der Waals surface area contributed by atoms with E-state index in [4.69, 9.17) is 5.73 Å². The lowest BCUT2D eigenvalue weighted by Crippen LogP contribution is -2.33. The van der Waals surface area contributed by atoms with Crippen molar-refractivity contribution in [3.8, 4) is 11.8 Å². The van der Waals surface area contributed by atoms with Crippen LogP contribution < -0.4 is 11.1 Å². The average molecular weight is 259 g/mol. The standard InChI is InChI=1S/C15H21N3O/c1-3-4-7-12(2)18-15(19)14-13(8-5-10-16)9-6-11-17-14/h6,9,11-12H,3-4,7,10,16H2,1-2H3,(H,18,19). The molecule has 1 aromatic heterocycles. The summed E-state index contributed by atoms with van der Waals surface area (Å²) in [4.78, 5) is 16.2. The molecule has 0 aliphatic carbocycles. The molecule has 1 amide bonds. The molecule has 3 N–H and O–H groups in total. The molecule has 1 heterocycles. The molecule has 19 heavy (non-hydrogen) atoms. The van der Waals surface area contributed by atoms with Crippen LogP contribution in [-0.2, 0) is 0 Å². The van der Waals surface area contributed by atoms with Gasteiger partial charge in [-0.05, 0) is 25.5 Å². The number of rotatable bonds is 5. The second-order valence-corrected chi connectivity index (χ2v) is 4.42. The van der Waals surface area contributed by atoms with Crippen LogP contribution in [-0.4, -0.2) is 23.5 Å². The molecule has 1 aromatic rings. The Kier molecular flexibility index (Phi) is 6.62. The highest BCUT2D eigenvalue weighted by Gasteiger charge is 2.13. The first-order valence-corrected chi connectivity index (χ1v) is 6.63. The lowest BCUT2D eigenvalue weighted by molar-refractivity contribution is 0.0932. The Hall–Kier alpha value is -1.86. The maximum absolute atomic E-state index is 12.1. The van der Waals surface area contributed by atoms with Crippen LogP contribution in [0.4, 0.5) is 0 Å². The highest BCUT2D eigenvalue weighted by molar-refractivity contribution is 5.94. The van der Waals surface area contributed by atoms with Crippen LogP contribution in [0.25, 0.3) is 0 Å². The maximum atomic E-state index is 12.1. The first kappa shape index (κ1) is 15.2. The number of aromatic nitrogens is 1. The zero-order valence-electron chi connectivity index (χ0n) is 11.6. The Balaban J connectivity index is 2.76. The molecular formula is C15H21N3O. The number of amides is 1. The van der Waals surface area contributed by atoms with E-state index in [-0.39, 0.29) is 18.5 Å². The summed E-state index contributed by atoms with van der Waals surface area (Å²) in [5.41, 5.74) is 6.33. The first-order chi connectivity index (χ1) is 9.19. The Bertz CT molecular complexity index is 474. The van der Waals surface area contributed by atoms with Crippen molar-refractivity contribution in [2.75, 3.05) is 6.54 Å². The Labute approximate surface area is 114 Å². The fourth-order valence-corrected chi connectivity index (χ4v) is 1.71. The number of pyridine rings is 1. The number of unbranched alkanes of at least 4 members (excludes halogenated alkanes) is 1.